The van der Waals surface area contributed by atoms with E-state index in [0.29, 0.717) is 4.88 Å². The predicted molar refractivity (Wildman–Crippen MR) is 56.8 cm³/mol. The van der Waals surface area contributed by atoms with Crippen molar-refractivity contribution in [2.24, 2.45) is 0 Å². The van der Waals surface area contributed by atoms with Crippen molar-refractivity contribution >= 4 is 28.3 Å². The standard InChI is InChI=1S/C8H13N3O2S/c1-4-11(2)8-10-6(9)5(14-8)7(12)13-3/h4,9H2,1-3H3. The summed E-state index contributed by atoms with van der Waals surface area (Å²) in [7, 11) is 3.21. The van der Waals surface area contributed by atoms with Crippen molar-refractivity contribution in [1.29, 1.82) is 0 Å². The second kappa shape index (κ2) is 4.28. The van der Waals surface area contributed by atoms with Gasteiger partial charge in [-0.15, -0.1) is 0 Å². The van der Waals surface area contributed by atoms with Crippen LogP contribution in [-0.4, -0.2) is 31.7 Å². The number of carbonyl (C=O) groups excluding carboxylic acids is 1. The number of carbonyl (C=O) groups is 1. The van der Waals surface area contributed by atoms with Gasteiger partial charge in [0.25, 0.3) is 0 Å². The number of nitrogens with zero attached hydrogens (tertiary/aromatic N) is 2. The second-order valence-electron chi connectivity index (χ2n) is 2.72. The Morgan fingerprint density at radius 1 is 1.71 bits per heavy atom. The topological polar surface area (TPSA) is 68.5 Å². The van der Waals surface area contributed by atoms with Gasteiger partial charge in [-0.05, 0) is 6.92 Å². The van der Waals surface area contributed by atoms with Crippen molar-refractivity contribution in [2.75, 3.05) is 31.3 Å². The number of methoxy groups -OCH3 is 1. The van der Waals surface area contributed by atoms with E-state index in [-0.39, 0.29) is 5.82 Å². The lowest BCUT2D eigenvalue weighted by molar-refractivity contribution is 0.0607. The minimum atomic E-state index is -0.434. The normalized spacial score (nSPS) is 9.93. The van der Waals surface area contributed by atoms with Crippen LogP contribution in [0, 0.1) is 0 Å². The quantitative estimate of drug-likeness (QED) is 0.761. The molecule has 1 heterocycles. The Morgan fingerprint density at radius 2 is 2.36 bits per heavy atom. The number of hydrogen-bond acceptors (Lipinski definition) is 6. The summed E-state index contributed by atoms with van der Waals surface area (Å²) in [6.45, 7) is 2.81. The lowest BCUT2D eigenvalue weighted by Gasteiger charge is -2.10. The van der Waals surface area contributed by atoms with Gasteiger partial charge in [0.15, 0.2) is 15.8 Å². The number of ether oxygens (including phenoxy) is 1. The van der Waals surface area contributed by atoms with E-state index >= 15 is 0 Å². The van der Waals surface area contributed by atoms with E-state index in [1.807, 2.05) is 18.9 Å². The number of nitrogen functional groups attached to an aromatic ring is 1. The largest absolute Gasteiger partial charge is 0.465 e. The molecule has 0 unspecified atom stereocenters. The van der Waals surface area contributed by atoms with Crippen LogP contribution < -0.4 is 10.6 Å². The Hall–Kier alpha value is -1.30. The summed E-state index contributed by atoms with van der Waals surface area (Å²) in [5.74, 6) is -0.201. The molecule has 0 aliphatic heterocycles. The Kier molecular flexibility index (Phi) is 3.29. The highest BCUT2D eigenvalue weighted by Crippen LogP contribution is 2.27. The molecule has 1 rings (SSSR count). The van der Waals surface area contributed by atoms with Gasteiger partial charge in [-0.3, -0.25) is 0 Å². The molecule has 0 saturated heterocycles. The van der Waals surface area contributed by atoms with Crippen molar-refractivity contribution in [2.45, 2.75) is 6.92 Å². The van der Waals surface area contributed by atoms with Crippen molar-refractivity contribution < 1.29 is 9.53 Å². The molecule has 0 atom stereocenters. The monoisotopic (exact) mass is 215 g/mol. The molecular formula is C8H13N3O2S. The van der Waals surface area contributed by atoms with Crippen molar-refractivity contribution in [3.8, 4) is 0 Å². The lowest BCUT2D eigenvalue weighted by Crippen LogP contribution is -2.15. The summed E-state index contributed by atoms with van der Waals surface area (Å²) in [6.07, 6.45) is 0. The zero-order valence-electron chi connectivity index (χ0n) is 8.40. The fourth-order valence-electron chi connectivity index (χ4n) is 0.858. The maximum atomic E-state index is 11.2. The molecule has 0 aliphatic carbocycles. The van der Waals surface area contributed by atoms with Gasteiger partial charge in [-0.2, -0.15) is 0 Å². The Labute approximate surface area is 86.5 Å². The van der Waals surface area contributed by atoms with E-state index in [1.165, 1.54) is 18.4 Å². The summed E-state index contributed by atoms with van der Waals surface area (Å²) >= 11 is 1.24. The fraction of sp³-hybridized carbons (Fsp3) is 0.500. The molecule has 78 valence electrons. The molecule has 1 aromatic heterocycles. The fourth-order valence-corrected chi connectivity index (χ4v) is 1.79. The Bertz CT molecular complexity index is 337. The van der Waals surface area contributed by atoms with Crippen LogP contribution in [0.15, 0.2) is 0 Å². The first-order valence-corrected chi connectivity index (χ1v) is 4.97. The first-order chi connectivity index (χ1) is 6.60. The summed E-state index contributed by atoms with van der Waals surface area (Å²) in [5.41, 5.74) is 5.58. The summed E-state index contributed by atoms with van der Waals surface area (Å²) in [4.78, 5) is 17.6. The highest BCUT2D eigenvalue weighted by molar-refractivity contribution is 7.18. The van der Waals surface area contributed by atoms with Crippen molar-refractivity contribution in [3.63, 3.8) is 0 Å². The van der Waals surface area contributed by atoms with Gasteiger partial charge in [-0.1, -0.05) is 11.3 Å². The van der Waals surface area contributed by atoms with Gasteiger partial charge in [0.1, 0.15) is 0 Å². The van der Waals surface area contributed by atoms with Crippen LogP contribution in [0.2, 0.25) is 0 Å². The van der Waals surface area contributed by atoms with Gasteiger partial charge >= 0.3 is 5.97 Å². The smallest absolute Gasteiger partial charge is 0.351 e. The molecule has 6 heteroatoms. The van der Waals surface area contributed by atoms with Gasteiger partial charge in [0.2, 0.25) is 0 Å². The van der Waals surface area contributed by atoms with E-state index < -0.39 is 5.97 Å². The minimum Gasteiger partial charge on any atom is -0.465 e. The Morgan fingerprint density at radius 3 is 2.86 bits per heavy atom. The molecule has 0 amide bonds. The van der Waals surface area contributed by atoms with E-state index in [0.717, 1.165) is 11.7 Å². The minimum absolute atomic E-state index is 0.233. The molecule has 2 N–H and O–H groups in total. The van der Waals surface area contributed by atoms with Crippen molar-refractivity contribution in [3.05, 3.63) is 4.88 Å². The molecule has 0 bridgehead atoms. The van der Waals surface area contributed by atoms with Gasteiger partial charge in [0.05, 0.1) is 7.11 Å². The Balaban J connectivity index is 2.98. The van der Waals surface area contributed by atoms with Crippen LogP contribution >= 0.6 is 11.3 Å². The van der Waals surface area contributed by atoms with Gasteiger partial charge in [0, 0.05) is 13.6 Å². The highest BCUT2D eigenvalue weighted by Gasteiger charge is 2.17. The molecule has 0 saturated carbocycles. The van der Waals surface area contributed by atoms with Crippen molar-refractivity contribution in [1.82, 2.24) is 4.98 Å². The van der Waals surface area contributed by atoms with E-state index in [4.69, 9.17) is 5.73 Å². The molecule has 1 aromatic rings. The van der Waals surface area contributed by atoms with Crippen LogP contribution in [0.1, 0.15) is 16.6 Å². The maximum Gasteiger partial charge on any atom is 0.351 e. The van der Waals surface area contributed by atoms with Crippen LogP contribution in [0.3, 0.4) is 0 Å². The highest BCUT2D eigenvalue weighted by atomic mass is 32.1. The molecule has 0 radical (unpaired) electrons. The number of aromatic nitrogens is 1. The predicted octanol–water partition coefficient (Wildman–Crippen LogP) is 0.968. The molecule has 14 heavy (non-hydrogen) atoms. The number of hydrogen-bond donors (Lipinski definition) is 1. The summed E-state index contributed by atoms with van der Waals surface area (Å²) in [5, 5.41) is 0.727. The molecule has 0 aliphatic rings. The van der Waals surface area contributed by atoms with Gasteiger partial charge < -0.3 is 15.4 Å². The van der Waals surface area contributed by atoms with E-state index in [9.17, 15) is 4.79 Å². The zero-order chi connectivity index (χ0) is 10.7. The third-order valence-corrected chi connectivity index (χ3v) is 2.98. The first-order valence-electron chi connectivity index (χ1n) is 4.15. The lowest BCUT2D eigenvalue weighted by atomic mass is 10.5. The zero-order valence-corrected chi connectivity index (χ0v) is 9.22. The number of nitrogens with two attached hydrogens (primary N) is 1. The number of esters is 1. The average molecular weight is 215 g/mol. The summed E-state index contributed by atoms with van der Waals surface area (Å²) in [6, 6.07) is 0. The molecular weight excluding hydrogens is 202 g/mol. The third kappa shape index (κ3) is 1.95. The van der Waals surface area contributed by atoms with Crippen LogP contribution in [0.4, 0.5) is 10.9 Å². The maximum absolute atomic E-state index is 11.2. The number of rotatable bonds is 3. The molecule has 0 fully saturated rings. The first kappa shape index (κ1) is 10.8. The van der Waals surface area contributed by atoms with Crippen LogP contribution in [0.25, 0.3) is 0 Å². The molecule has 5 nitrogen and oxygen atoms in total. The average Bonchev–Trinajstić information content (AvgIpc) is 2.58. The van der Waals surface area contributed by atoms with E-state index in [1.54, 1.807) is 0 Å². The molecule has 0 aromatic carbocycles. The third-order valence-electron chi connectivity index (χ3n) is 1.81. The van der Waals surface area contributed by atoms with E-state index in [2.05, 4.69) is 9.72 Å². The van der Waals surface area contributed by atoms with Crippen LogP contribution in [0.5, 0.6) is 0 Å². The second-order valence-corrected chi connectivity index (χ2v) is 3.69. The SMILES string of the molecule is CCN(C)c1nc(N)c(C(=O)OC)s1. The number of thiazole rings is 1. The van der Waals surface area contributed by atoms with Gasteiger partial charge in [-0.25, -0.2) is 9.78 Å². The number of anilines is 2. The van der Waals surface area contributed by atoms with Crippen LogP contribution in [-0.2, 0) is 4.74 Å². The summed E-state index contributed by atoms with van der Waals surface area (Å²) < 4.78 is 4.58. The molecule has 0 spiro atoms.